The van der Waals surface area contributed by atoms with Crippen molar-refractivity contribution < 1.29 is 4.74 Å². The maximum absolute atomic E-state index is 6.04. The third kappa shape index (κ3) is 3.80. The molecule has 1 rings (SSSR count). The van der Waals surface area contributed by atoms with Crippen LogP contribution in [0.2, 0.25) is 0 Å². The molecule has 1 N–H and O–H groups in total. The van der Waals surface area contributed by atoms with E-state index >= 15 is 0 Å². The Labute approximate surface area is 123 Å². The summed E-state index contributed by atoms with van der Waals surface area (Å²) in [6.45, 7) is 10.4. The van der Waals surface area contributed by atoms with Crippen LogP contribution in [0.3, 0.4) is 0 Å². The smallest absolute Gasteiger partial charge is 0.0853 e. The molecule has 18 heavy (non-hydrogen) atoms. The molecule has 2 atom stereocenters. The second-order valence-corrected chi connectivity index (χ2v) is 6.42. The molecule has 0 aliphatic rings. The maximum Gasteiger partial charge on any atom is 0.0853 e. The lowest BCUT2D eigenvalue weighted by atomic mass is 9.91. The summed E-state index contributed by atoms with van der Waals surface area (Å²) >= 11 is 5.43. The molecule has 0 aliphatic carbocycles. The molecular weight excluding hydrogens is 310 g/mol. The highest BCUT2D eigenvalue weighted by Crippen LogP contribution is 2.38. The molecule has 2 unspecified atom stereocenters. The summed E-state index contributed by atoms with van der Waals surface area (Å²) < 4.78 is 7.22. The second kappa shape index (κ2) is 7.63. The van der Waals surface area contributed by atoms with Gasteiger partial charge in [0.25, 0.3) is 0 Å². The summed E-state index contributed by atoms with van der Waals surface area (Å²) in [5.74, 6) is 0. The fourth-order valence-electron chi connectivity index (χ4n) is 2.11. The third-order valence-electron chi connectivity index (χ3n) is 3.29. The van der Waals surface area contributed by atoms with E-state index in [4.69, 9.17) is 4.74 Å². The van der Waals surface area contributed by atoms with E-state index < -0.39 is 0 Å². The van der Waals surface area contributed by atoms with E-state index in [0.717, 1.165) is 26.0 Å². The van der Waals surface area contributed by atoms with Gasteiger partial charge >= 0.3 is 0 Å². The predicted octanol–water partition coefficient (Wildman–Crippen LogP) is 4.76. The first-order valence-corrected chi connectivity index (χ1v) is 8.36. The Morgan fingerprint density at radius 2 is 2.17 bits per heavy atom. The van der Waals surface area contributed by atoms with Crippen molar-refractivity contribution in [2.45, 2.75) is 52.2 Å². The topological polar surface area (TPSA) is 21.3 Å². The number of rotatable bonds is 8. The van der Waals surface area contributed by atoms with E-state index in [0.29, 0.717) is 0 Å². The van der Waals surface area contributed by atoms with Gasteiger partial charge in [-0.3, -0.25) is 0 Å². The Morgan fingerprint density at radius 1 is 1.44 bits per heavy atom. The first kappa shape index (κ1) is 16.2. The van der Waals surface area contributed by atoms with Gasteiger partial charge in [-0.2, -0.15) is 0 Å². The molecule has 2 nitrogen and oxygen atoms in total. The summed E-state index contributed by atoms with van der Waals surface area (Å²) in [5, 5.41) is 5.77. The molecule has 0 amide bonds. The molecular formula is C14H24BrNOS. The molecule has 0 aliphatic heterocycles. The van der Waals surface area contributed by atoms with Crippen LogP contribution >= 0.6 is 27.3 Å². The van der Waals surface area contributed by atoms with Crippen molar-refractivity contribution in [3.05, 3.63) is 20.8 Å². The molecule has 0 aromatic carbocycles. The first-order chi connectivity index (χ1) is 8.59. The monoisotopic (exact) mass is 333 g/mol. The molecule has 104 valence electrons. The van der Waals surface area contributed by atoms with Gasteiger partial charge in [0, 0.05) is 16.0 Å². The van der Waals surface area contributed by atoms with Crippen LogP contribution in [0, 0.1) is 0 Å². The van der Waals surface area contributed by atoms with Crippen molar-refractivity contribution in [1.82, 2.24) is 5.32 Å². The van der Waals surface area contributed by atoms with Gasteiger partial charge in [-0.05, 0) is 60.6 Å². The largest absolute Gasteiger partial charge is 0.374 e. The van der Waals surface area contributed by atoms with Gasteiger partial charge in [-0.1, -0.05) is 13.8 Å². The Bertz CT molecular complexity index is 355. The van der Waals surface area contributed by atoms with Gasteiger partial charge in [-0.15, -0.1) is 11.3 Å². The van der Waals surface area contributed by atoms with Crippen molar-refractivity contribution in [2.75, 3.05) is 13.2 Å². The van der Waals surface area contributed by atoms with Crippen LogP contribution in [-0.4, -0.2) is 18.8 Å². The quantitative estimate of drug-likeness (QED) is 0.740. The predicted molar refractivity (Wildman–Crippen MR) is 83.4 cm³/mol. The lowest BCUT2D eigenvalue weighted by molar-refractivity contribution is -0.0556. The SMILES string of the molecule is CCCNC(c1sccc1Br)C(C)(CC)OCC. The van der Waals surface area contributed by atoms with E-state index in [1.165, 1.54) is 9.35 Å². The lowest BCUT2D eigenvalue weighted by Crippen LogP contribution is -2.43. The molecule has 0 fully saturated rings. The molecule has 0 bridgehead atoms. The number of halogens is 1. The van der Waals surface area contributed by atoms with E-state index in [1.807, 2.05) is 0 Å². The highest BCUT2D eigenvalue weighted by atomic mass is 79.9. The second-order valence-electron chi connectivity index (χ2n) is 4.62. The van der Waals surface area contributed by atoms with Gasteiger partial charge < -0.3 is 10.1 Å². The highest BCUT2D eigenvalue weighted by Gasteiger charge is 2.35. The number of thiophene rings is 1. The van der Waals surface area contributed by atoms with E-state index in [1.54, 1.807) is 11.3 Å². The number of ether oxygens (including phenoxy) is 1. The van der Waals surface area contributed by atoms with Gasteiger partial charge in [0.1, 0.15) is 0 Å². The van der Waals surface area contributed by atoms with E-state index in [-0.39, 0.29) is 11.6 Å². The van der Waals surface area contributed by atoms with Gasteiger partial charge in [-0.25, -0.2) is 0 Å². The zero-order valence-electron chi connectivity index (χ0n) is 11.8. The molecule has 0 saturated heterocycles. The third-order valence-corrected chi connectivity index (χ3v) is 5.23. The number of hydrogen-bond acceptors (Lipinski definition) is 3. The standard InChI is InChI=1S/C14H24BrNOS/c1-5-9-16-13(12-11(15)8-10-18-12)14(4,6-2)17-7-3/h8,10,13,16H,5-7,9H2,1-4H3. The summed E-state index contributed by atoms with van der Waals surface area (Å²) in [5.41, 5.74) is -0.155. The summed E-state index contributed by atoms with van der Waals surface area (Å²) in [7, 11) is 0. The fourth-order valence-corrected chi connectivity index (χ4v) is 3.92. The molecule has 0 radical (unpaired) electrons. The van der Waals surface area contributed by atoms with Crippen molar-refractivity contribution in [1.29, 1.82) is 0 Å². The Morgan fingerprint density at radius 3 is 2.61 bits per heavy atom. The minimum atomic E-state index is -0.155. The van der Waals surface area contributed by atoms with Crippen molar-refractivity contribution in [3.8, 4) is 0 Å². The summed E-state index contributed by atoms with van der Waals surface area (Å²) in [6.07, 6.45) is 2.12. The molecule has 0 saturated carbocycles. The molecule has 4 heteroatoms. The van der Waals surface area contributed by atoms with Crippen LogP contribution in [0.25, 0.3) is 0 Å². The zero-order chi connectivity index (χ0) is 13.6. The average Bonchev–Trinajstić information content (AvgIpc) is 2.76. The Balaban J connectivity index is 3.00. The normalized spacial score (nSPS) is 16.5. The Kier molecular flexibility index (Phi) is 6.85. The molecule has 1 aromatic heterocycles. The van der Waals surface area contributed by atoms with Crippen LogP contribution in [0.5, 0.6) is 0 Å². The van der Waals surface area contributed by atoms with Crippen LogP contribution in [-0.2, 0) is 4.74 Å². The Hall–Kier alpha value is 0.1000. The number of nitrogens with one attached hydrogen (secondary N) is 1. The molecule has 1 aromatic rings. The summed E-state index contributed by atoms with van der Waals surface area (Å²) in [4.78, 5) is 1.33. The molecule has 0 spiro atoms. The zero-order valence-corrected chi connectivity index (χ0v) is 14.2. The molecule has 1 heterocycles. The maximum atomic E-state index is 6.04. The number of hydrogen-bond donors (Lipinski definition) is 1. The highest BCUT2D eigenvalue weighted by molar-refractivity contribution is 9.10. The minimum Gasteiger partial charge on any atom is -0.374 e. The van der Waals surface area contributed by atoms with E-state index in [2.05, 4.69) is 60.4 Å². The minimum absolute atomic E-state index is 0.155. The van der Waals surface area contributed by atoms with Crippen molar-refractivity contribution in [3.63, 3.8) is 0 Å². The van der Waals surface area contributed by atoms with Crippen molar-refractivity contribution >= 4 is 27.3 Å². The van der Waals surface area contributed by atoms with E-state index in [9.17, 15) is 0 Å². The van der Waals surface area contributed by atoms with Gasteiger partial charge in [0.2, 0.25) is 0 Å². The van der Waals surface area contributed by atoms with Crippen LogP contribution < -0.4 is 5.32 Å². The van der Waals surface area contributed by atoms with Crippen LogP contribution in [0.4, 0.5) is 0 Å². The van der Waals surface area contributed by atoms with Crippen molar-refractivity contribution in [2.24, 2.45) is 0 Å². The average molecular weight is 334 g/mol. The van der Waals surface area contributed by atoms with Gasteiger partial charge in [0.15, 0.2) is 0 Å². The fraction of sp³-hybridized carbons (Fsp3) is 0.714. The first-order valence-electron chi connectivity index (χ1n) is 6.69. The summed E-state index contributed by atoms with van der Waals surface area (Å²) in [6, 6.07) is 2.36. The lowest BCUT2D eigenvalue weighted by Gasteiger charge is -2.37. The van der Waals surface area contributed by atoms with Gasteiger partial charge in [0.05, 0.1) is 11.6 Å². The van der Waals surface area contributed by atoms with Crippen LogP contribution in [0.15, 0.2) is 15.9 Å². The van der Waals surface area contributed by atoms with Crippen LogP contribution in [0.1, 0.15) is 51.5 Å².